The standard InChI is InChI=1S/C100H62N4/c1-5-21-61(22-6-1)65-37-45-69(46-38-65)89-93-81-53-73-29-13-15-31-75(73)55-83(81)95(101-93)90(70-47-39-66(40-48-70)62-23-7-2-8-24-62)97-85-57-77-33-17-19-35-79(77)59-87(85)99(103-97)92(72-51-43-68(44-52-72)64-27-11-4-12-28-64)100-88-60-80-36-20-18-34-78(80)58-86(88)98(104-100)91(71-49-41-67(42-50-71)63-25-9-3-10-26-63)96-84-56-76-32-16-14-30-74(76)54-82(84)94(89)102-96/h1-60,101,104H. The molecule has 4 nitrogen and oxygen atoms in total. The van der Waals surface area contributed by atoms with Gasteiger partial charge in [0.15, 0.2) is 0 Å². The quantitative estimate of drug-likeness (QED) is 0.159. The first-order chi connectivity index (χ1) is 51.5. The maximum Gasteiger partial charge on any atom is 0.0816 e. The van der Waals surface area contributed by atoms with Crippen LogP contribution in [0.3, 0.4) is 0 Å². The molecule has 8 bridgehead atoms. The van der Waals surface area contributed by atoms with Gasteiger partial charge in [-0.1, -0.05) is 315 Å². The second-order valence-electron chi connectivity index (χ2n) is 27.6. The minimum atomic E-state index is 0.869. The number of nitrogens with zero attached hydrogens (tertiary/aromatic N) is 2. The lowest BCUT2D eigenvalue weighted by molar-refractivity contribution is 1.39. The Balaban J connectivity index is 1.03. The molecule has 0 radical (unpaired) electrons. The van der Waals surface area contributed by atoms with Crippen molar-refractivity contribution in [3.8, 4) is 134 Å². The predicted octanol–water partition coefficient (Wildman–Crippen LogP) is 27.2. The largest absolute Gasteiger partial charge is 0.353 e. The summed E-state index contributed by atoms with van der Waals surface area (Å²) in [5.41, 5.74) is 28.6. The third-order valence-corrected chi connectivity index (χ3v) is 21.7. The van der Waals surface area contributed by atoms with Crippen molar-refractivity contribution >= 4 is 86.7 Å². The Labute approximate surface area is 600 Å². The zero-order valence-electron chi connectivity index (χ0n) is 56.5. The van der Waals surface area contributed by atoms with Gasteiger partial charge in [0.25, 0.3) is 0 Å². The molecule has 16 aromatic carbocycles. The van der Waals surface area contributed by atoms with E-state index in [1.54, 1.807) is 0 Å². The maximum atomic E-state index is 6.40. The van der Waals surface area contributed by atoms with Crippen LogP contribution in [-0.4, -0.2) is 19.9 Å². The number of H-pyrrole nitrogens is 2. The highest BCUT2D eigenvalue weighted by Crippen LogP contribution is 2.54. The summed E-state index contributed by atoms with van der Waals surface area (Å²) in [6.07, 6.45) is 0. The summed E-state index contributed by atoms with van der Waals surface area (Å²) in [5.74, 6) is 0. The summed E-state index contributed by atoms with van der Waals surface area (Å²) in [6, 6.07) is 134. The molecule has 2 aliphatic heterocycles. The Morgan fingerprint density at radius 2 is 0.317 bits per heavy atom. The van der Waals surface area contributed by atoms with Gasteiger partial charge in [0.05, 0.1) is 44.8 Å². The molecular formula is C100H62N4. The lowest BCUT2D eigenvalue weighted by Crippen LogP contribution is -1.89. The van der Waals surface area contributed by atoms with Crippen molar-refractivity contribution in [2.45, 2.75) is 0 Å². The van der Waals surface area contributed by atoms with Gasteiger partial charge in [0.2, 0.25) is 0 Å². The van der Waals surface area contributed by atoms with Gasteiger partial charge < -0.3 is 9.97 Å². The van der Waals surface area contributed by atoms with Crippen molar-refractivity contribution < 1.29 is 0 Å². The van der Waals surface area contributed by atoms with Crippen molar-refractivity contribution in [2.75, 3.05) is 0 Å². The number of rotatable bonds is 8. The van der Waals surface area contributed by atoms with Crippen molar-refractivity contribution in [1.29, 1.82) is 0 Å². The van der Waals surface area contributed by atoms with Crippen LogP contribution in [0.15, 0.2) is 364 Å². The first-order valence-corrected chi connectivity index (χ1v) is 35.8. The Hall–Kier alpha value is -13.8. The summed E-state index contributed by atoms with van der Waals surface area (Å²) in [6.45, 7) is 0. The molecule has 3 aliphatic rings. The van der Waals surface area contributed by atoms with Gasteiger partial charge in [0, 0.05) is 66.1 Å². The second-order valence-corrected chi connectivity index (χ2v) is 27.6. The first-order valence-electron chi connectivity index (χ1n) is 35.8. The summed E-state index contributed by atoms with van der Waals surface area (Å²) >= 11 is 0. The second kappa shape index (κ2) is 24.0. The molecule has 0 amide bonds. The van der Waals surface area contributed by atoms with Gasteiger partial charge in [0.1, 0.15) is 0 Å². The minimum Gasteiger partial charge on any atom is -0.353 e. The molecule has 0 unspecified atom stereocenters. The van der Waals surface area contributed by atoms with E-state index in [0.717, 1.165) is 221 Å². The number of aromatic nitrogens is 4. The zero-order valence-corrected chi connectivity index (χ0v) is 56.5. The average molecular weight is 1320 g/mol. The first kappa shape index (κ1) is 59.1. The summed E-state index contributed by atoms with van der Waals surface area (Å²) in [5, 5.41) is 13.3. The van der Waals surface area contributed by atoms with E-state index in [2.05, 4.69) is 374 Å². The SMILES string of the molecule is c1ccc(-c2ccc(-c3c4nc(c(-c5ccc(-c6ccccc6)cc5)c5[nH]c(c(-c6ccc(-c7ccccc7)cc6)c6nc(c(-c7ccc(-c8ccccc8)cc7)c7[nH]c3c3cc8ccccc8cc73)-c3cc7ccccc7cc3-6)c3cc6ccccc6cc53)-c3cc5ccccc5cc3-4)cc2)cc1. The van der Waals surface area contributed by atoms with Crippen LogP contribution in [0.1, 0.15) is 0 Å². The molecule has 0 saturated carbocycles. The highest BCUT2D eigenvalue weighted by atomic mass is 14.8. The molecule has 482 valence electrons. The molecule has 2 N–H and O–H groups in total. The fourth-order valence-electron chi connectivity index (χ4n) is 16.5. The lowest BCUT2D eigenvalue weighted by atomic mass is 9.90. The molecule has 18 aromatic rings. The molecule has 0 spiro atoms. The Morgan fingerprint density at radius 1 is 0.154 bits per heavy atom. The number of aromatic amines is 2. The van der Waals surface area contributed by atoms with Crippen molar-refractivity contribution in [3.05, 3.63) is 364 Å². The normalized spacial score (nSPS) is 11.8. The fourth-order valence-corrected chi connectivity index (χ4v) is 16.5. The Bertz CT molecular complexity index is 6050. The van der Waals surface area contributed by atoms with Crippen molar-refractivity contribution in [2.24, 2.45) is 0 Å². The minimum absolute atomic E-state index is 0.869. The van der Waals surface area contributed by atoms with Crippen molar-refractivity contribution in [1.82, 2.24) is 19.9 Å². The van der Waals surface area contributed by atoms with Gasteiger partial charge in [-0.2, -0.15) is 0 Å². The monoisotopic (exact) mass is 1320 g/mol. The van der Waals surface area contributed by atoms with Crippen LogP contribution in [0, 0.1) is 0 Å². The Kier molecular flexibility index (Phi) is 13.6. The number of benzene rings is 16. The van der Waals surface area contributed by atoms with E-state index < -0.39 is 0 Å². The molecular weight excluding hydrogens is 1260 g/mol. The molecule has 4 heterocycles. The third-order valence-electron chi connectivity index (χ3n) is 21.7. The highest BCUT2D eigenvalue weighted by molar-refractivity contribution is 6.25. The molecule has 104 heavy (non-hydrogen) atoms. The van der Waals surface area contributed by atoms with E-state index in [0.29, 0.717) is 0 Å². The number of fused-ring (bicyclic) bond motifs is 4. The lowest BCUT2D eigenvalue weighted by Gasteiger charge is -2.11. The van der Waals surface area contributed by atoms with Gasteiger partial charge in [-0.15, -0.1) is 0 Å². The van der Waals surface area contributed by atoms with Gasteiger partial charge >= 0.3 is 0 Å². The number of hydrogen-bond donors (Lipinski definition) is 2. The molecule has 0 atom stereocenters. The molecule has 4 heteroatoms. The number of hydrogen-bond acceptors (Lipinski definition) is 2. The van der Waals surface area contributed by atoms with Gasteiger partial charge in [-0.25, -0.2) is 9.97 Å². The van der Waals surface area contributed by atoms with E-state index in [4.69, 9.17) is 9.97 Å². The van der Waals surface area contributed by atoms with Crippen LogP contribution in [0.25, 0.3) is 221 Å². The van der Waals surface area contributed by atoms with E-state index in [1.807, 2.05) is 0 Å². The molecule has 0 saturated heterocycles. The average Bonchev–Trinajstić information content (AvgIpc) is 1.52. The van der Waals surface area contributed by atoms with Crippen LogP contribution >= 0.6 is 0 Å². The van der Waals surface area contributed by atoms with E-state index >= 15 is 0 Å². The third kappa shape index (κ3) is 9.76. The van der Waals surface area contributed by atoms with Crippen molar-refractivity contribution in [3.63, 3.8) is 0 Å². The predicted molar refractivity (Wildman–Crippen MR) is 438 cm³/mol. The van der Waals surface area contributed by atoms with Crippen LogP contribution in [-0.2, 0) is 0 Å². The summed E-state index contributed by atoms with van der Waals surface area (Å²) in [7, 11) is 0. The van der Waals surface area contributed by atoms with Crippen LogP contribution in [0.4, 0.5) is 0 Å². The van der Waals surface area contributed by atoms with E-state index in [-0.39, 0.29) is 0 Å². The fraction of sp³-hybridized carbons (Fsp3) is 0. The van der Waals surface area contributed by atoms with Crippen LogP contribution < -0.4 is 0 Å². The molecule has 0 fully saturated rings. The maximum absolute atomic E-state index is 6.40. The van der Waals surface area contributed by atoms with Gasteiger partial charge in [-0.05, 0) is 158 Å². The molecule has 1 aliphatic carbocycles. The zero-order chi connectivity index (χ0) is 68.3. The summed E-state index contributed by atoms with van der Waals surface area (Å²) < 4.78 is 0. The molecule has 2 aromatic heterocycles. The topological polar surface area (TPSA) is 57.4 Å². The summed E-state index contributed by atoms with van der Waals surface area (Å²) in [4.78, 5) is 21.7. The molecule has 21 rings (SSSR count). The van der Waals surface area contributed by atoms with Crippen LogP contribution in [0.2, 0.25) is 0 Å². The van der Waals surface area contributed by atoms with E-state index in [9.17, 15) is 0 Å². The number of nitrogens with one attached hydrogen (secondary N) is 2. The smallest absolute Gasteiger partial charge is 0.0816 e. The highest BCUT2D eigenvalue weighted by Gasteiger charge is 2.32. The van der Waals surface area contributed by atoms with Gasteiger partial charge in [-0.3, -0.25) is 0 Å². The Morgan fingerprint density at radius 3 is 0.519 bits per heavy atom. The van der Waals surface area contributed by atoms with E-state index in [1.165, 1.54) is 0 Å². The van der Waals surface area contributed by atoms with Crippen LogP contribution in [0.5, 0.6) is 0 Å².